The van der Waals surface area contributed by atoms with Crippen molar-refractivity contribution in [3.63, 3.8) is 0 Å². The molecule has 0 aromatic heterocycles. The molecule has 0 radical (unpaired) electrons. The summed E-state index contributed by atoms with van der Waals surface area (Å²) in [6, 6.07) is 8.02. The predicted octanol–water partition coefficient (Wildman–Crippen LogP) is 2.48. The van der Waals surface area contributed by atoms with Crippen LogP contribution in [-0.2, 0) is 0 Å². The topological polar surface area (TPSA) is 26.7 Å². The van der Waals surface area contributed by atoms with Crippen molar-refractivity contribution in [2.24, 2.45) is 0 Å². The van der Waals surface area contributed by atoms with E-state index < -0.39 is 0 Å². The lowest BCUT2D eigenvalue weighted by atomic mass is 10.1. The third kappa shape index (κ3) is 3.24. The highest BCUT2D eigenvalue weighted by Gasteiger charge is 2.21. The summed E-state index contributed by atoms with van der Waals surface area (Å²) in [4.78, 5) is 5.03. The summed E-state index contributed by atoms with van der Waals surface area (Å²) in [6.07, 6.45) is 1.24. The molecule has 18 heavy (non-hydrogen) atoms. The zero-order valence-electron chi connectivity index (χ0n) is 11.5. The third-order valence-corrected chi connectivity index (χ3v) is 3.85. The van der Waals surface area contributed by atoms with E-state index in [4.69, 9.17) is 0 Å². The Balaban J connectivity index is 1.93. The SMILES string of the molecule is CCCN1CCN(C(C)c2cccc(O)c2)CC1. The van der Waals surface area contributed by atoms with Crippen LogP contribution in [0, 0.1) is 0 Å². The molecule has 0 saturated carbocycles. The third-order valence-electron chi connectivity index (χ3n) is 3.85. The first-order valence-electron chi connectivity index (χ1n) is 6.96. The summed E-state index contributed by atoms with van der Waals surface area (Å²) < 4.78 is 0. The van der Waals surface area contributed by atoms with Gasteiger partial charge >= 0.3 is 0 Å². The molecule has 0 bridgehead atoms. The van der Waals surface area contributed by atoms with Gasteiger partial charge in [-0.25, -0.2) is 0 Å². The Morgan fingerprint density at radius 1 is 1.22 bits per heavy atom. The molecule has 1 atom stereocenters. The minimum Gasteiger partial charge on any atom is -0.508 e. The Kier molecular flexibility index (Phi) is 4.61. The van der Waals surface area contributed by atoms with Crippen LogP contribution >= 0.6 is 0 Å². The lowest BCUT2D eigenvalue weighted by molar-refractivity contribution is 0.102. The molecule has 1 N–H and O–H groups in total. The molecule has 3 heteroatoms. The Morgan fingerprint density at radius 2 is 1.94 bits per heavy atom. The van der Waals surface area contributed by atoms with Crippen LogP contribution in [0.4, 0.5) is 0 Å². The number of hydrogen-bond acceptors (Lipinski definition) is 3. The van der Waals surface area contributed by atoms with E-state index in [9.17, 15) is 5.11 Å². The first kappa shape index (κ1) is 13.4. The first-order chi connectivity index (χ1) is 8.70. The summed E-state index contributed by atoms with van der Waals surface area (Å²) in [6.45, 7) is 10.3. The van der Waals surface area contributed by atoms with Crippen molar-refractivity contribution in [1.82, 2.24) is 9.80 Å². The largest absolute Gasteiger partial charge is 0.508 e. The van der Waals surface area contributed by atoms with E-state index in [1.807, 2.05) is 12.1 Å². The van der Waals surface area contributed by atoms with Crippen LogP contribution in [0.3, 0.4) is 0 Å². The van der Waals surface area contributed by atoms with Crippen LogP contribution in [0.25, 0.3) is 0 Å². The molecule has 1 heterocycles. The normalized spacial score (nSPS) is 19.9. The molecule has 100 valence electrons. The Morgan fingerprint density at radius 3 is 2.56 bits per heavy atom. The quantitative estimate of drug-likeness (QED) is 0.887. The molecular formula is C15H24N2O. The van der Waals surface area contributed by atoms with Crippen LogP contribution < -0.4 is 0 Å². The average Bonchev–Trinajstić information content (AvgIpc) is 2.39. The van der Waals surface area contributed by atoms with Crippen LogP contribution in [0.1, 0.15) is 31.9 Å². The van der Waals surface area contributed by atoms with Crippen LogP contribution in [0.15, 0.2) is 24.3 Å². The second-order valence-corrected chi connectivity index (χ2v) is 5.15. The van der Waals surface area contributed by atoms with E-state index in [0.29, 0.717) is 11.8 Å². The summed E-state index contributed by atoms with van der Waals surface area (Å²) >= 11 is 0. The van der Waals surface area contributed by atoms with Crippen molar-refractivity contribution in [3.8, 4) is 5.75 Å². The van der Waals surface area contributed by atoms with Crippen molar-refractivity contribution >= 4 is 0 Å². The summed E-state index contributed by atoms with van der Waals surface area (Å²) in [7, 11) is 0. The van der Waals surface area contributed by atoms with E-state index in [1.165, 1.54) is 18.5 Å². The Labute approximate surface area is 110 Å². The summed E-state index contributed by atoms with van der Waals surface area (Å²) in [5.74, 6) is 0.365. The standard InChI is InChI=1S/C15H24N2O/c1-3-7-16-8-10-17(11-9-16)13(2)14-5-4-6-15(18)12-14/h4-6,12-13,18H,3,7-11H2,1-2H3. The monoisotopic (exact) mass is 248 g/mol. The average molecular weight is 248 g/mol. The van der Waals surface area contributed by atoms with Crippen molar-refractivity contribution < 1.29 is 5.11 Å². The Hall–Kier alpha value is -1.06. The molecule has 1 fully saturated rings. The second kappa shape index (κ2) is 6.21. The number of piperazine rings is 1. The smallest absolute Gasteiger partial charge is 0.115 e. The molecule has 3 nitrogen and oxygen atoms in total. The fraction of sp³-hybridized carbons (Fsp3) is 0.600. The number of nitrogens with zero attached hydrogens (tertiary/aromatic N) is 2. The first-order valence-corrected chi connectivity index (χ1v) is 6.96. The van der Waals surface area contributed by atoms with Gasteiger partial charge in [0.15, 0.2) is 0 Å². The maximum absolute atomic E-state index is 9.55. The molecule has 1 aromatic carbocycles. The predicted molar refractivity (Wildman–Crippen MR) is 74.8 cm³/mol. The van der Waals surface area contributed by atoms with Crippen LogP contribution in [0.5, 0.6) is 5.75 Å². The maximum atomic E-state index is 9.55. The molecule has 0 aliphatic carbocycles. The fourth-order valence-electron chi connectivity index (χ4n) is 2.69. The summed E-state index contributed by atoms with van der Waals surface area (Å²) in [5, 5.41) is 9.55. The maximum Gasteiger partial charge on any atom is 0.115 e. The van der Waals surface area contributed by atoms with Gasteiger partial charge in [-0.2, -0.15) is 0 Å². The van der Waals surface area contributed by atoms with E-state index in [2.05, 4.69) is 29.7 Å². The zero-order chi connectivity index (χ0) is 13.0. The highest BCUT2D eigenvalue weighted by Crippen LogP contribution is 2.24. The molecule has 0 spiro atoms. The van der Waals surface area contributed by atoms with Crippen LogP contribution in [-0.4, -0.2) is 47.6 Å². The van der Waals surface area contributed by atoms with Crippen molar-refractivity contribution in [2.45, 2.75) is 26.3 Å². The Bertz CT molecular complexity index is 373. The number of benzene rings is 1. The fourth-order valence-corrected chi connectivity index (χ4v) is 2.69. The second-order valence-electron chi connectivity index (χ2n) is 5.15. The van der Waals surface area contributed by atoms with Gasteiger partial charge in [-0.3, -0.25) is 4.90 Å². The number of hydrogen-bond donors (Lipinski definition) is 1. The van der Waals surface area contributed by atoms with Crippen molar-refractivity contribution in [3.05, 3.63) is 29.8 Å². The highest BCUT2D eigenvalue weighted by atomic mass is 16.3. The van der Waals surface area contributed by atoms with Crippen LogP contribution in [0.2, 0.25) is 0 Å². The van der Waals surface area contributed by atoms with Crippen molar-refractivity contribution in [2.75, 3.05) is 32.7 Å². The lowest BCUT2D eigenvalue weighted by Crippen LogP contribution is -2.47. The van der Waals surface area contributed by atoms with Gasteiger partial charge in [0.1, 0.15) is 5.75 Å². The van der Waals surface area contributed by atoms with E-state index in [0.717, 1.165) is 26.2 Å². The van der Waals surface area contributed by atoms with Gasteiger partial charge < -0.3 is 10.0 Å². The molecular weight excluding hydrogens is 224 g/mol. The molecule has 1 aliphatic heterocycles. The minimum absolute atomic E-state index is 0.365. The van der Waals surface area contributed by atoms with E-state index in [1.54, 1.807) is 6.07 Å². The van der Waals surface area contributed by atoms with Gasteiger partial charge in [0.05, 0.1) is 0 Å². The number of rotatable bonds is 4. The van der Waals surface area contributed by atoms with E-state index in [-0.39, 0.29) is 0 Å². The molecule has 1 saturated heterocycles. The van der Waals surface area contributed by atoms with Gasteiger partial charge in [-0.15, -0.1) is 0 Å². The van der Waals surface area contributed by atoms with Crippen molar-refractivity contribution in [1.29, 1.82) is 0 Å². The zero-order valence-corrected chi connectivity index (χ0v) is 11.5. The lowest BCUT2D eigenvalue weighted by Gasteiger charge is -2.38. The molecule has 1 aromatic rings. The van der Waals surface area contributed by atoms with Gasteiger partial charge in [0.2, 0.25) is 0 Å². The molecule has 1 unspecified atom stereocenters. The van der Waals surface area contributed by atoms with Gasteiger partial charge in [0.25, 0.3) is 0 Å². The van der Waals surface area contributed by atoms with Gasteiger partial charge in [-0.1, -0.05) is 19.1 Å². The minimum atomic E-state index is 0.365. The molecule has 1 aliphatic rings. The summed E-state index contributed by atoms with van der Waals surface area (Å²) in [5.41, 5.74) is 1.21. The molecule has 2 rings (SSSR count). The van der Waals surface area contributed by atoms with Gasteiger partial charge in [0, 0.05) is 32.2 Å². The number of phenolic OH excluding ortho intramolecular Hbond substituents is 1. The van der Waals surface area contributed by atoms with E-state index >= 15 is 0 Å². The number of phenols is 1. The molecule has 0 amide bonds. The number of aromatic hydroxyl groups is 1. The van der Waals surface area contributed by atoms with Gasteiger partial charge in [-0.05, 0) is 37.6 Å². The highest BCUT2D eigenvalue weighted by molar-refractivity contribution is 5.29.